The van der Waals surface area contributed by atoms with Crippen LogP contribution in [0.15, 0.2) is 60.8 Å². The van der Waals surface area contributed by atoms with Crippen LogP contribution >= 0.6 is 7.82 Å². The quantitative estimate of drug-likeness (QED) is 0.0334. The van der Waals surface area contributed by atoms with Crippen molar-refractivity contribution in [2.75, 3.05) is 13.2 Å². The molecule has 0 spiro atoms. The van der Waals surface area contributed by atoms with Gasteiger partial charge in [-0.2, -0.15) is 0 Å². The molecule has 0 aliphatic carbocycles. The van der Waals surface area contributed by atoms with E-state index in [4.69, 9.17) is 23.3 Å². The summed E-state index contributed by atoms with van der Waals surface area (Å²) in [5, 5.41) is 89.4. The minimum atomic E-state index is -5.48. The first-order valence-corrected chi connectivity index (χ1v) is 25.0. The van der Waals surface area contributed by atoms with E-state index in [2.05, 4.69) is 43.4 Å². The van der Waals surface area contributed by atoms with Gasteiger partial charge in [-0.1, -0.05) is 113 Å². The number of carbonyl (C=O) groups excluding carboxylic acids is 2. The lowest BCUT2D eigenvalue weighted by Gasteiger charge is -2.39. The van der Waals surface area contributed by atoms with Crippen LogP contribution in [-0.2, 0) is 37.4 Å². The van der Waals surface area contributed by atoms with Gasteiger partial charge in [0, 0.05) is 25.2 Å². The Kier molecular flexibility index (Phi) is 30.4. The van der Waals surface area contributed by atoms with Gasteiger partial charge in [0.15, 0.2) is 12.4 Å². The topological polar surface area (TPSA) is 279 Å². The van der Waals surface area contributed by atoms with Crippen molar-refractivity contribution in [2.24, 2.45) is 5.92 Å². The number of aliphatic hydroxyl groups excluding tert-OH is 8. The van der Waals surface area contributed by atoms with E-state index < -0.39 is 113 Å². The van der Waals surface area contributed by atoms with Crippen molar-refractivity contribution in [3.05, 3.63) is 60.8 Å². The lowest BCUT2D eigenvalue weighted by molar-refractivity contribution is -0.213. The number of allylic oxidation sites excluding steroid dienone is 8. The highest BCUT2D eigenvalue weighted by atomic mass is 31.2. The molecule has 374 valence electrons. The van der Waals surface area contributed by atoms with E-state index in [9.17, 15) is 59.9 Å². The molecule has 2 aliphatic heterocycles. The van der Waals surface area contributed by atoms with E-state index in [-0.39, 0.29) is 19.3 Å². The molecule has 13 atom stereocenters. The highest BCUT2D eigenvalue weighted by Gasteiger charge is 2.48. The molecule has 9 N–H and O–H groups in total. The van der Waals surface area contributed by atoms with Crippen molar-refractivity contribution in [1.29, 1.82) is 0 Å². The number of cyclic esters (lactones) is 1. The third-order valence-electron chi connectivity index (χ3n) is 11.1. The summed E-state index contributed by atoms with van der Waals surface area (Å²) < 4.78 is 40.3. The zero-order valence-corrected chi connectivity index (χ0v) is 39.2. The number of hydrogen-bond acceptors (Lipinski definition) is 16. The number of hydrogen-bond donors (Lipinski definition) is 9. The summed E-state index contributed by atoms with van der Waals surface area (Å²) >= 11 is 0. The largest absolute Gasteiger partial charge is 0.472 e. The molecule has 17 nitrogen and oxygen atoms in total. The highest BCUT2D eigenvalue weighted by molar-refractivity contribution is 7.47. The van der Waals surface area contributed by atoms with E-state index >= 15 is 0 Å². The summed E-state index contributed by atoms with van der Waals surface area (Å²) in [7, 11) is -5.48. The van der Waals surface area contributed by atoms with Gasteiger partial charge >= 0.3 is 19.8 Å². The van der Waals surface area contributed by atoms with E-state index in [1.807, 2.05) is 6.92 Å². The first kappa shape index (κ1) is 58.5. The Morgan fingerprint density at radius 1 is 0.831 bits per heavy atom. The minimum Gasteiger partial charge on any atom is -0.462 e. The maximum absolute atomic E-state index is 13.5. The van der Waals surface area contributed by atoms with Gasteiger partial charge in [-0.05, 0) is 64.2 Å². The summed E-state index contributed by atoms with van der Waals surface area (Å²) in [6.45, 7) is 2.64. The summed E-state index contributed by atoms with van der Waals surface area (Å²) in [6, 6.07) is 0. The van der Waals surface area contributed by atoms with Crippen molar-refractivity contribution in [3.8, 4) is 0 Å². The molecular weight excluding hydrogens is 867 g/mol. The number of aliphatic hydroxyl groups is 8. The fraction of sp³-hybridized carbons (Fsp3) is 0.745. The van der Waals surface area contributed by atoms with Gasteiger partial charge in [-0.3, -0.25) is 18.6 Å². The predicted molar refractivity (Wildman–Crippen MR) is 243 cm³/mol. The third-order valence-corrected chi connectivity index (χ3v) is 12.1. The molecule has 0 radical (unpaired) electrons. The maximum atomic E-state index is 13.5. The second-order valence-corrected chi connectivity index (χ2v) is 18.2. The molecule has 1 fully saturated rings. The minimum absolute atomic E-state index is 0.000150. The highest BCUT2D eigenvalue weighted by Crippen LogP contribution is 2.47. The Morgan fingerprint density at radius 2 is 1.51 bits per heavy atom. The second-order valence-electron chi connectivity index (χ2n) is 16.8. The molecule has 2 bridgehead atoms. The van der Waals surface area contributed by atoms with Crippen molar-refractivity contribution >= 4 is 19.8 Å². The van der Waals surface area contributed by atoms with Crippen LogP contribution in [0.5, 0.6) is 0 Å². The molecule has 0 aromatic heterocycles. The van der Waals surface area contributed by atoms with Crippen LogP contribution in [-0.4, -0.2) is 138 Å². The molecular formula is C47H79O17P. The van der Waals surface area contributed by atoms with Crippen molar-refractivity contribution < 1.29 is 83.2 Å². The Morgan fingerprint density at radius 3 is 2.23 bits per heavy atom. The number of rotatable bonds is 20. The average Bonchev–Trinajstić information content (AvgIpc) is 3.27. The smallest absolute Gasteiger partial charge is 0.462 e. The fourth-order valence-electron chi connectivity index (χ4n) is 7.29. The number of phosphoric acid groups is 1. The van der Waals surface area contributed by atoms with E-state index in [1.54, 1.807) is 12.2 Å². The van der Waals surface area contributed by atoms with Gasteiger partial charge in [0.25, 0.3) is 0 Å². The molecule has 0 amide bonds. The molecule has 2 aliphatic rings. The molecule has 0 aromatic carbocycles. The zero-order chi connectivity index (χ0) is 48.0. The average molecular weight is 947 g/mol. The molecule has 0 aromatic rings. The Hall–Kier alpha value is -2.61. The summed E-state index contributed by atoms with van der Waals surface area (Å²) in [5.74, 6) is -2.66. The fourth-order valence-corrected chi connectivity index (χ4v) is 8.26. The molecule has 2 heterocycles. The van der Waals surface area contributed by atoms with Crippen LogP contribution in [0.2, 0.25) is 0 Å². The number of carbonyl (C=O) groups is 2. The maximum Gasteiger partial charge on any atom is 0.472 e. The van der Waals surface area contributed by atoms with Crippen LogP contribution in [0.1, 0.15) is 136 Å². The van der Waals surface area contributed by atoms with Gasteiger partial charge in [0.05, 0.1) is 24.9 Å². The first-order valence-electron chi connectivity index (χ1n) is 23.5. The van der Waals surface area contributed by atoms with E-state index in [0.717, 1.165) is 70.3 Å². The molecule has 2 rings (SSSR count). The van der Waals surface area contributed by atoms with Gasteiger partial charge < -0.3 is 60.0 Å². The Bertz CT molecular complexity index is 1500. The Balaban J connectivity index is 2.24. The molecule has 1 saturated heterocycles. The van der Waals surface area contributed by atoms with Crippen LogP contribution in [0.3, 0.4) is 0 Å². The lowest BCUT2D eigenvalue weighted by atomic mass is 9.83. The number of phosphoric ester groups is 1. The van der Waals surface area contributed by atoms with Crippen LogP contribution in [0, 0.1) is 5.92 Å². The van der Waals surface area contributed by atoms with Crippen LogP contribution in [0.25, 0.3) is 0 Å². The second kappa shape index (κ2) is 33.8. The first-order chi connectivity index (χ1) is 31.1. The Labute approximate surface area is 385 Å². The summed E-state index contributed by atoms with van der Waals surface area (Å²) in [4.78, 5) is 36.5. The van der Waals surface area contributed by atoms with Gasteiger partial charge in [-0.25, -0.2) is 4.57 Å². The monoisotopic (exact) mass is 947 g/mol. The van der Waals surface area contributed by atoms with Crippen molar-refractivity contribution in [2.45, 2.75) is 203 Å². The zero-order valence-electron chi connectivity index (χ0n) is 38.3. The third kappa shape index (κ3) is 24.8. The van der Waals surface area contributed by atoms with E-state index in [0.29, 0.717) is 32.1 Å². The van der Waals surface area contributed by atoms with Crippen molar-refractivity contribution in [3.63, 3.8) is 0 Å². The van der Waals surface area contributed by atoms with Crippen LogP contribution < -0.4 is 0 Å². The number of unbranched alkanes of at least 4 members (excludes halogenated alkanes) is 7. The molecule has 2 unspecified atom stereocenters. The summed E-state index contributed by atoms with van der Waals surface area (Å²) in [6.07, 6.45) is 7.52. The number of ether oxygens (including phenoxy) is 3. The SMILES string of the molecule is CC/C=C\C/C=C\C/C=C\CCCCCCCC(=O)O[C@@H]1COC(=O)CCCC=CC[C@@H]2[C@@H](O)[C@H](O)[C@@H](O)[C@H](OP(=O)(O)OC1)[C@H](O)[C@H](O)[C@@H](/C=C/[C@@H](O)CCCCC)OC(O)C[C@@H]2O. The molecule has 65 heavy (non-hydrogen) atoms. The van der Waals surface area contributed by atoms with Gasteiger partial charge in [0.1, 0.15) is 43.2 Å². The number of esters is 2. The standard InChI is InChI=1S/C47H79O17P/c1-3-5-7-8-9-10-11-12-13-14-15-16-17-18-24-28-40(51)62-35-32-60-39(50)27-23-20-19-22-26-36-37(49)31-41(52)63-38(30-29-34(48)25-21-6-4-2)43(54)45(56)47(46(57)44(55)42(36)53)64-65(58,59)61-33-35/h5,7,9-10,12-13,19,22,29-30,34-38,41-49,52-57H,3-4,6,8,11,14-18,20-21,23-28,31-33H2,1-2H3,(H,58,59)/b7-5-,10-9-,13-12-,22-19?,30-29+/t34-,35+,36-,37-,38+,41?,42+,43+,44-,45+,46+,47+/m0/s1. The summed E-state index contributed by atoms with van der Waals surface area (Å²) in [5.41, 5.74) is 0. The normalized spacial score (nSPS) is 32.6. The predicted octanol–water partition coefficient (Wildman–Crippen LogP) is 5.05. The lowest BCUT2D eigenvalue weighted by Crippen LogP contribution is -2.58. The van der Waals surface area contributed by atoms with Crippen molar-refractivity contribution in [1.82, 2.24) is 0 Å². The number of fused-ring (bicyclic) bond motifs is 4. The van der Waals surface area contributed by atoms with E-state index in [1.165, 1.54) is 6.08 Å². The molecule has 0 saturated carbocycles. The van der Waals surface area contributed by atoms with Gasteiger partial charge in [0.2, 0.25) is 0 Å². The molecule has 18 heteroatoms. The van der Waals surface area contributed by atoms with Gasteiger partial charge in [-0.15, -0.1) is 0 Å². The van der Waals surface area contributed by atoms with Crippen LogP contribution in [0.4, 0.5) is 0 Å².